The standard InChI is InChI=1S/C24H48N4O6/c1-5-19(3)21(25)23(29)27-7-11-31-15-17-33-13-9-28(24(30)22(26)20(4)6-2)10-14-34-18-16-32-12-8-27/h19-22H,5-18,25-26H2,1-4H3/t19-,20+,21-,22-/m0/s1. The van der Waals surface area contributed by atoms with Gasteiger partial charge in [-0.25, -0.2) is 0 Å². The number of carbonyl (C=O) groups is 2. The fraction of sp³-hybridized carbons (Fsp3) is 0.917. The maximum atomic E-state index is 12.8. The predicted molar refractivity (Wildman–Crippen MR) is 131 cm³/mol. The summed E-state index contributed by atoms with van der Waals surface area (Å²) in [4.78, 5) is 29.1. The maximum absolute atomic E-state index is 12.8. The smallest absolute Gasteiger partial charge is 0.239 e. The minimum Gasteiger partial charge on any atom is -0.377 e. The Labute approximate surface area is 205 Å². The maximum Gasteiger partial charge on any atom is 0.239 e. The first-order valence-electron chi connectivity index (χ1n) is 12.7. The van der Waals surface area contributed by atoms with Crippen LogP contribution in [0, 0.1) is 11.8 Å². The number of nitrogens with zero attached hydrogens (tertiary/aromatic N) is 2. The van der Waals surface area contributed by atoms with Gasteiger partial charge in [-0.2, -0.15) is 0 Å². The molecule has 1 heterocycles. The lowest BCUT2D eigenvalue weighted by atomic mass is 9.99. The van der Waals surface area contributed by atoms with Crippen LogP contribution in [0.5, 0.6) is 0 Å². The zero-order valence-electron chi connectivity index (χ0n) is 21.7. The lowest BCUT2D eigenvalue weighted by Crippen LogP contribution is -2.49. The molecule has 200 valence electrons. The topological polar surface area (TPSA) is 130 Å². The summed E-state index contributed by atoms with van der Waals surface area (Å²) in [5.74, 6) is 0.0540. The van der Waals surface area contributed by atoms with Crippen molar-refractivity contribution in [1.29, 1.82) is 0 Å². The van der Waals surface area contributed by atoms with Crippen LogP contribution in [0.15, 0.2) is 0 Å². The third-order valence-electron chi connectivity index (χ3n) is 6.47. The highest BCUT2D eigenvalue weighted by atomic mass is 16.5. The second kappa shape index (κ2) is 18.0. The molecule has 0 aliphatic carbocycles. The highest BCUT2D eigenvalue weighted by molar-refractivity contribution is 5.82. The SMILES string of the molecule is CC[C@@H](C)[C@H](N)C(=O)N1CCOCCOCCN(C(=O)[C@@H](N)[C@@H](C)CC)CCOCCOCC1. The summed E-state index contributed by atoms with van der Waals surface area (Å²) in [5.41, 5.74) is 12.3. The van der Waals surface area contributed by atoms with Crippen molar-refractivity contribution in [3.63, 3.8) is 0 Å². The quantitative estimate of drug-likeness (QED) is 0.552. The second-order valence-corrected chi connectivity index (χ2v) is 8.92. The van der Waals surface area contributed by atoms with E-state index in [-0.39, 0.29) is 23.7 Å². The molecule has 1 rings (SSSR count). The van der Waals surface area contributed by atoms with Crippen LogP contribution in [0.4, 0.5) is 0 Å². The van der Waals surface area contributed by atoms with Gasteiger partial charge in [-0.1, -0.05) is 40.5 Å². The van der Waals surface area contributed by atoms with E-state index in [0.717, 1.165) is 12.8 Å². The van der Waals surface area contributed by atoms with Crippen molar-refractivity contribution in [2.24, 2.45) is 23.3 Å². The predicted octanol–water partition coefficient (Wildman–Crippen LogP) is 0.470. The molecule has 0 saturated carbocycles. The van der Waals surface area contributed by atoms with Gasteiger partial charge in [0.15, 0.2) is 0 Å². The molecule has 0 aromatic heterocycles. The third kappa shape index (κ3) is 11.4. The van der Waals surface area contributed by atoms with E-state index in [1.807, 2.05) is 27.7 Å². The van der Waals surface area contributed by atoms with Gasteiger partial charge < -0.3 is 40.2 Å². The molecule has 0 aromatic carbocycles. The van der Waals surface area contributed by atoms with E-state index < -0.39 is 12.1 Å². The second-order valence-electron chi connectivity index (χ2n) is 8.92. The number of rotatable bonds is 6. The van der Waals surface area contributed by atoms with Crippen LogP contribution in [0.3, 0.4) is 0 Å². The van der Waals surface area contributed by atoms with Crippen molar-refractivity contribution in [2.75, 3.05) is 79.0 Å². The molecule has 2 amide bonds. The zero-order chi connectivity index (χ0) is 25.3. The van der Waals surface area contributed by atoms with E-state index in [9.17, 15) is 9.59 Å². The van der Waals surface area contributed by atoms with E-state index in [4.69, 9.17) is 30.4 Å². The summed E-state index contributed by atoms with van der Waals surface area (Å²) in [5, 5.41) is 0. The van der Waals surface area contributed by atoms with E-state index in [1.54, 1.807) is 9.80 Å². The van der Waals surface area contributed by atoms with Crippen molar-refractivity contribution in [2.45, 2.75) is 52.6 Å². The highest BCUT2D eigenvalue weighted by Crippen LogP contribution is 2.10. The summed E-state index contributed by atoms with van der Waals surface area (Å²) < 4.78 is 22.7. The Hall–Kier alpha value is -1.30. The Morgan fingerprint density at radius 3 is 1.12 bits per heavy atom. The summed E-state index contributed by atoms with van der Waals surface area (Å²) in [7, 11) is 0. The van der Waals surface area contributed by atoms with E-state index >= 15 is 0 Å². The molecule has 0 radical (unpaired) electrons. The molecule has 10 heteroatoms. The minimum absolute atomic E-state index is 0.0798. The van der Waals surface area contributed by atoms with Gasteiger partial charge in [0.05, 0.1) is 64.9 Å². The van der Waals surface area contributed by atoms with Crippen LogP contribution in [0.25, 0.3) is 0 Å². The number of nitrogens with two attached hydrogens (primary N) is 2. The average Bonchev–Trinajstić information content (AvgIpc) is 2.85. The fourth-order valence-corrected chi connectivity index (χ4v) is 3.42. The third-order valence-corrected chi connectivity index (χ3v) is 6.47. The van der Waals surface area contributed by atoms with Gasteiger partial charge >= 0.3 is 0 Å². The van der Waals surface area contributed by atoms with E-state index in [2.05, 4.69) is 0 Å². The largest absolute Gasteiger partial charge is 0.377 e. The van der Waals surface area contributed by atoms with Gasteiger partial charge in [-0.3, -0.25) is 9.59 Å². The molecule has 1 fully saturated rings. The van der Waals surface area contributed by atoms with Crippen LogP contribution in [-0.4, -0.2) is 113 Å². The molecule has 0 aromatic rings. The van der Waals surface area contributed by atoms with Crippen molar-refractivity contribution in [3.8, 4) is 0 Å². The summed E-state index contributed by atoms with van der Waals surface area (Å²) in [6, 6.07) is -1.07. The Morgan fingerprint density at radius 1 is 0.618 bits per heavy atom. The molecule has 1 aliphatic rings. The fourth-order valence-electron chi connectivity index (χ4n) is 3.42. The van der Waals surface area contributed by atoms with Gasteiger partial charge in [-0.05, 0) is 11.8 Å². The number of ether oxygens (including phenoxy) is 4. The summed E-state index contributed by atoms with van der Waals surface area (Å²) in [6.45, 7) is 13.0. The van der Waals surface area contributed by atoms with Crippen molar-refractivity contribution >= 4 is 11.8 Å². The molecule has 0 bridgehead atoms. The summed E-state index contributed by atoms with van der Waals surface area (Å²) in [6.07, 6.45) is 1.68. The first-order valence-corrected chi connectivity index (χ1v) is 12.7. The molecular formula is C24H48N4O6. The molecule has 0 unspecified atom stereocenters. The monoisotopic (exact) mass is 488 g/mol. The van der Waals surface area contributed by atoms with Crippen LogP contribution in [-0.2, 0) is 28.5 Å². The lowest BCUT2D eigenvalue weighted by molar-refractivity contribution is -0.137. The average molecular weight is 489 g/mol. The van der Waals surface area contributed by atoms with Gasteiger partial charge in [0.2, 0.25) is 11.8 Å². The Morgan fingerprint density at radius 2 is 0.882 bits per heavy atom. The van der Waals surface area contributed by atoms with Crippen molar-refractivity contribution in [1.82, 2.24) is 9.80 Å². The minimum atomic E-state index is -0.534. The molecular weight excluding hydrogens is 440 g/mol. The lowest BCUT2D eigenvalue weighted by Gasteiger charge is -2.28. The van der Waals surface area contributed by atoms with Crippen LogP contribution >= 0.6 is 0 Å². The van der Waals surface area contributed by atoms with E-state index in [1.165, 1.54) is 0 Å². The first-order chi connectivity index (χ1) is 16.3. The first kappa shape index (κ1) is 30.7. The number of hydrogen-bond acceptors (Lipinski definition) is 8. The van der Waals surface area contributed by atoms with E-state index in [0.29, 0.717) is 79.0 Å². The Kier molecular flexibility index (Phi) is 16.3. The van der Waals surface area contributed by atoms with Crippen LogP contribution < -0.4 is 11.5 Å². The molecule has 4 atom stereocenters. The van der Waals surface area contributed by atoms with Crippen molar-refractivity contribution < 1.29 is 28.5 Å². The molecule has 4 N–H and O–H groups in total. The Balaban J connectivity index is 2.61. The zero-order valence-corrected chi connectivity index (χ0v) is 21.7. The van der Waals surface area contributed by atoms with Gasteiger partial charge in [-0.15, -0.1) is 0 Å². The number of hydrogen-bond donors (Lipinski definition) is 2. The van der Waals surface area contributed by atoms with Crippen LogP contribution in [0.2, 0.25) is 0 Å². The van der Waals surface area contributed by atoms with Gasteiger partial charge in [0.1, 0.15) is 0 Å². The number of carbonyl (C=O) groups excluding carboxylic acids is 2. The van der Waals surface area contributed by atoms with Crippen LogP contribution in [0.1, 0.15) is 40.5 Å². The van der Waals surface area contributed by atoms with Gasteiger partial charge in [0, 0.05) is 26.2 Å². The molecule has 0 spiro atoms. The molecule has 10 nitrogen and oxygen atoms in total. The van der Waals surface area contributed by atoms with Crippen molar-refractivity contribution in [3.05, 3.63) is 0 Å². The van der Waals surface area contributed by atoms with Gasteiger partial charge in [0.25, 0.3) is 0 Å². The normalized spacial score (nSPS) is 22.2. The molecule has 1 aliphatic heterocycles. The molecule has 34 heavy (non-hydrogen) atoms. The number of amides is 2. The summed E-state index contributed by atoms with van der Waals surface area (Å²) >= 11 is 0. The molecule has 1 saturated heterocycles. The Bertz CT molecular complexity index is 500. The highest BCUT2D eigenvalue weighted by Gasteiger charge is 2.26.